The molecular formula is C15H12F4N2O2S. The van der Waals surface area contributed by atoms with E-state index >= 15 is 0 Å². The van der Waals surface area contributed by atoms with E-state index in [1.54, 1.807) is 0 Å². The molecule has 2 aromatic carbocycles. The van der Waals surface area contributed by atoms with Gasteiger partial charge in [-0.3, -0.25) is 0 Å². The summed E-state index contributed by atoms with van der Waals surface area (Å²) < 4.78 is 51.6. The number of aliphatic hydroxyl groups is 1. The lowest BCUT2D eigenvalue weighted by atomic mass is 10.2. The molecule has 0 radical (unpaired) electrons. The molecule has 2 aromatic rings. The molecule has 9 heteroatoms. The van der Waals surface area contributed by atoms with Crippen molar-refractivity contribution in [3.05, 3.63) is 53.3 Å². The van der Waals surface area contributed by atoms with Gasteiger partial charge in [-0.05, 0) is 24.3 Å². The third-order valence-electron chi connectivity index (χ3n) is 3.08. The molecule has 24 heavy (non-hydrogen) atoms. The van der Waals surface area contributed by atoms with Gasteiger partial charge >= 0.3 is 12.2 Å². The van der Waals surface area contributed by atoms with Crippen LogP contribution in [0.4, 0.5) is 33.7 Å². The number of rotatable bonds is 3. The Morgan fingerprint density at radius 1 is 1.12 bits per heavy atom. The Hall–Kier alpha value is -2.26. The van der Waals surface area contributed by atoms with E-state index in [0.717, 1.165) is 24.3 Å². The first-order valence-corrected chi connectivity index (χ1v) is 7.03. The minimum Gasteiger partial charge on any atom is -0.392 e. The highest BCUT2D eigenvalue weighted by atomic mass is 32.1. The molecule has 128 valence electrons. The van der Waals surface area contributed by atoms with E-state index in [1.165, 1.54) is 12.1 Å². The lowest BCUT2D eigenvalue weighted by molar-refractivity contribution is -0.139. The average molecular weight is 360 g/mol. The highest BCUT2D eigenvalue weighted by Gasteiger charge is 2.33. The molecule has 0 aliphatic rings. The Balaban J connectivity index is 2.21. The zero-order valence-electron chi connectivity index (χ0n) is 12.0. The molecule has 0 spiro atoms. The number of halogens is 4. The summed E-state index contributed by atoms with van der Waals surface area (Å²) in [6.07, 6.45) is -4.61. The van der Waals surface area contributed by atoms with Crippen LogP contribution in [0.3, 0.4) is 0 Å². The number of amides is 2. The van der Waals surface area contributed by atoms with Crippen molar-refractivity contribution in [1.29, 1.82) is 0 Å². The van der Waals surface area contributed by atoms with Gasteiger partial charge in [0.25, 0.3) is 0 Å². The molecule has 0 aliphatic carbocycles. The predicted octanol–water partition coefficient (Wildman–Crippen LogP) is 4.27. The van der Waals surface area contributed by atoms with Crippen LogP contribution in [0.2, 0.25) is 0 Å². The minimum absolute atomic E-state index is 0.00249. The van der Waals surface area contributed by atoms with Crippen LogP contribution in [-0.2, 0) is 12.8 Å². The SMILES string of the molecule is O=C(Nc1cc(F)ccc1CO)Nc1cccc(C(F)(F)F)c1S. The number of alkyl halides is 3. The summed E-state index contributed by atoms with van der Waals surface area (Å²) in [7, 11) is 0. The van der Waals surface area contributed by atoms with Crippen molar-refractivity contribution >= 4 is 30.0 Å². The Morgan fingerprint density at radius 3 is 2.42 bits per heavy atom. The minimum atomic E-state index is -4.61. The first kappa shape index (κ1) is 18.1. The number of benzene rings is 2. The van der Waals surface area contributed by atoms with Crippen LogP contribution in [0, 0.1) is 5.82 Å². The molecule has 2 rings (SSSR count). The van der Waals surface area contributed by atoms with Crippen molar-refractivity contribution in [3.63, 3.8) is 0 Å². The maximum atomic E-state index is 13.2. The summed E-state index contributed by atoms with van der Waals surface area (Å²) >= 11 is 3.80. The van der Waals surface area contributed by atoms with Crippen molar-refractivity contribution in [3.8, 4) is 0 Å². The van der Waals surface area contributed by atoms with Gasteiger partial charge < -0.3 is 15.7 Å². The van der Waals surface area contributed by atoms with Crippen LogP contribution < -0.4 is 10.6 Å². The summed E-state index contributed by atoms with van der Waals surface area (Å²) in [4.78, 5) is 11.5. The summed E-state index contributed by atoms with van der Waals surface area (Å²) in [5, 5.41) is 13.6. The molecule has 0 fully saturated rings. The molecule has 0 aliphatic heterocycles. The second-order valence-corrected chi connectivity index (χ2v) is 5.19. The van der Waals surface area contributed by atoms with E-state index < -0.39 is 35.1 Å². The fourth-order valence-electron chi connectivity index (χ4n) is 1.95. The third kappa shape index (κ3) is 4.18. The van der Waals surface area contributed by atoms with Gasteiger partial charge in [0.15, 0.2) is 0 Å². The maximum absolute atomic E-state index is 13.2. The number of anilines is 2. The number of nitrogens with one attached hydrogen (secondary N) is 2. The molecule has 2 amide bonds. The fourth-order valence-corrected chi connectivity index (χ4v) is 2.28. The monoisotopic (exact) mass is 360 g/mol. The Kier molecular flexibility index (Phi) is 5.35. The molecule has 0 saturated carbocycles. The second-order valence-electron chi connectivity index (χ2n) is 4.74. The van der Waals surface area contributed by atoms with Gasteiger partial charge in [0, 0.05) is 10.5 Å². The normalized spacial score (nSPS) is 11.2. The zero-order chi connectivity index (χ0) is 17.9. The van der Waals surface area contributed by atoms with Gasteiger partial charge in [0.05, 0.1) is 23.5 Å². The van der Waals surface area contributed by atoms with E-state index in [9.17, 15) is 22.4 Å². The van der Waals surface area contributed by atoms with Gasteiger partial charge in [0.2, 0.25) is 0 Å². The van der Waals surface area contributed by atoms with E-state index in [0.29, 0.717) is 0 Å². The van der Waals surface area contributed by atoms with E-state index in [-0.39, 0.29) is 16.9 Å². The summed E-state index contributed by atoms with van der Waals surface area (Å²) in [6, 6.07) is 5.67. The Morgan fingerprint density at radius 2 is 1.79 bits per heavy atom. The number of carbonyl (C=O) groups is 1. The van der Waals surface area contributed by atoms with Gasteiger partial charge in [-0.1, -0.05) is 12.1 Å². The van der Waals surface area contributed by atoms with E-state index in [4.69, 9.17) is 5.11 Å². The summed E-state index contributed by atoms with van der Waals surface area (Å²) in [5.41, 5.74) is -0.901. The predicted molar refractivity (Wildman–Crippen MR) is 83.7 cm³/mol. The third-order valence-corrected chi connectivity index (χ3v) is 3.56. The molecule has 0 atom stereocenters. The molecule has 4 nitrogen and oxygen atoms in total. The average Bonchev–Trinajstić information content (AvgIpc) is 2.48. The van der Waals surface area contributed by atoms with E-state index in [2.05, 4.69) is 23.3 Å². The Bertz CT molecular complexity index is 766. The van der Waals surface area contributed by atoms with Crippen molar-refractivity contribution in [2.24, 2.45) is 0 Å². The molecule has 0 saturated heterocycles. The van der Waals surface area contributed by atoms with Gasteiger partial charge in [-0.15, -0.1) is 12.6 Å². The topological polar surface area (TPSA) is 61.4 Å². The smallest absolute Gasteiger partial charge is 0.392 e. The quantitative estimate of drug-likeness (QED) is 0.488. The lowest BCUT2D eigenvalue weighted by Gasteiger charge is -2.15. The fraction of sp³-hybridized carbons (Fsp3) is 0.133. The largest absolute Gasteiger partial charge is 0.417 e. The standard InChI is InChI=1S/C15H12F4N2O2S/c16-9-5-4-8(7-22)12(6-9)21-14(23)20-11-3-1-2-10(13(11)24)15(17,18)19/h1-6,22,24H,7H2,(H2,20,21,23). The number of thiol groups is 1. The number of hydrogen-bond acceptors (Lipinski definition) is 3. The number of hydrogen-bond donors (Lipinski definition) is 4. The highest BCUT2D eigenvalue weighted by molar-refractivity contribution is 7.80. The van der Waals surface area contributed by atoms with Gasteiger partial charge in [0.1, 0.15) is 5.82 Å². The maximum Gasteiger partial charge on any atom is 0.417 e. The zero-order valence-corrected chi connectivity index (χ0v) is 12.9. The molecular weight excluding hydrogens is 348 g/mol. The number of aliphatic hydroxyl groups excluding tert-OH is 1. The van der Waals surface area contributed by atoms with Crippen LogP contribution in [-0.4, -0.2) is 11.1 Å². The van der Waals surface area contributed by atoms with Gasteiger partial charge in [-0.2, -0.15) is 13.2 Å². The van der Waals surface area contributed by atoms with Crippen LogP contribution >= 0.6 is 12.6 Å². The van der Waals surface area contributed by atoms with E-state index in [1.807, 2.05) is 0 Å². The van der Waals surface area contributed by atoms with Crippen LogP contribution in [0.25, 0.3) is 0 Å². The van der Waals surface area contributed by atoms with Crippen molar-refractivity contribution in [1.82, 2.24) is 0 Å². The molecule has 0 unspecified atom stereocenters. The molecule has 3 N–H and O–H groups in total. The number of urea groups is 1. The van der Waals surface area contributed by atoms with Crippen LogP contribution in [0.1, 0.15) is 11.1 Å². The lowest BCUT2D eigenvalue weighted by Crippen LogP contribution is -2.21. The summed E-state index contributed by atoms with van der Waals surface area (Å²) in [6.45, 7) is -0.447. The summed E-state index contributed by atoms with van der Waals surface area (Å²) in [5.74, 6) is -0.642. The molecule has 0 aromatic heterocycles. The molecule has 0 heterocycles. The van der Waals surface area contributed by atoms with Crippen molar-refractivity contribution in [2.45, 2.75) is 17.7 Å². The highest BCUT2D eigenvalue weighted by Crippen LogP contribution is 2.37. The van der Waals surface area contributed by atoms with Crippen LogP contribution in [0.15, 0.2) is 41.3 Å². The second kappa shape index (κ2) is 7.10. The van der Waals surface area contributed by atoms with Crippen molar-refractivity contribution in [2.75, 3.05) is 10.6 Å². The molecule has 0 bridgehead atoms. The Labute approximate surface area is 139 Å². The first-order valence-electron chi connectivity index (χ1n) is 6.59. The van der Waals surface area contributed by atoms with Crippen LogP contribution in [0.5, 0.6) is 0 Å². The van der Waals surface area contributed by atoms with Gasteiger partial charge in [-0.25, -0.2) is 9.18 Å². The first-order chi connectivity index (χ1) is 11.2. The van der Waals surface area contributed by atoms with Crippen molar-refractivity contribution < 1.29 is 27.5 Å². The number of carbonyl (C=O) groups excluding carboxylic acids is 1.